The van der Waals surface area contributed by atoms with Crippen LogP contribution in [-0.4, -0.2) is 10.8 Å². The number of aryl methyl sites for hydroxylation is 1. The van der Waals surface area contributed by atoms with Gasteiger partial charge in [-0.2, -0.15) is 5.26 Å². The van der Waals surface area contributed by atoms with Gasteiger partial charge in [0.25, 0.3) is 0 Å². The van der Waals surface area contributed by atoms with Crippen molar-refractivity contribution in [3.8, 4) is 34.2 Å². The molecular weight excluding hydrogens is 466 g/mol. The normalized spacial score (nSPS) is 11.3. The quantitative estimate of drug-likeness (QED) is 0.226. The summed E-state index contributed by atoms with van der Waals surface area (Å²) in [6.07, 6.45) is 1.80. The van der Waals surface area contributed by atoms with E-state index in [1.807, 2.05) is 60.7 Å². The number of nitrogens with zero attached hydrogens (tertiary/aromatic N) is 3. The second kappa shape index (κ2) is 9.72. The van der Waals surface area contributed by atoms with E-state index in [1.165, 1.54) is 10.8 Å². The maximum atomic E-state index is 10.2. The summed E-state index contributed by atoms with van der Waals surface area (Å²) in [5.74, 6) is 0.946. The fourth-order valence-electron chi connectivity index (χ4n) is 5.11. The van der Waals surface area contributed by atoms with Crippen molar-refractivity contribution < 1.29 is 4.42 Å². The molecule has 2 heterocycles. The number of aliphatic imine (C=N–C) groups is 1. The molecule has 0 spiro atoms. The van der Waals surface area contributed by atoms with Crippen LogP contribution in [0, 0.1) is 25.2 Å². The Morgan fingerprint density at radius 3 is 2.18 bits per heavy atom. The third-order valence-corrected chi connectivity index (χ3v) is 6.90. The molecule has 0 aliphatic carbocycles. The van der Waals surface area contributed by atoms with E-state index >= 15 is 0 Å². The molecule has 0 atom stereocenters. The van der Waals surface area contributed by atoms with Crippen LogP contribution in [0.2, 0.25) is 0 Å². The molecule has 6 rings (SSSR count). The van der Waals surface area contributed by atoms with E-state index in [-0.39, 0.29) is 0 Å². The SMILES string of the molecule is Cc1cc(C=Nc2oc(-c3ccccc3)c(-c3ccccc3)c2C#N)c(C)n1-c1cccc2ccccc12. The lowest BCUT2D eigenvalue weighted by molar-refractivity contribution is 0.593. The predicted molar refractivity (Wildman–Crippen MR) is 154 cm³/mol. The van der Waals surface area contributed by atoms with Crippen molar-refractivity contribution in [2.45, 2.75) is 13.8 Å². The molecular formula is C34H25N3O. The Morgan fingerprint density at radius 1 is 0.789 bits per heavy atom. The molecule has 182 valence electrons. The fourth-order valence-corrected chi connectivity index (χ4v) is 5.11. The number of aromatic nitrogens is 1. The molecule has 0 fully saturated rings. The Hall–Kier alpha value is -5.14. The highest BCUT2D eigenvalue weighted by Crippen LogP contribution is 2.42. The van der Waals surface area contributed by atoms with Crippen molar-refractivity contribution in [3.63, 3.8) is 0 Å². The van der Waals surface area contributed by atoms with E-state index < -0.39 is 0 Å². The topological polar surface area (TPSA) is 54.2 Å². The smallest absolute Gasteiger partial charge is 0.238 e. The number of nitriles is 1. The predicted octanol–water partition coefficient (Wildman–Crippen LogP) is 8.80. The maximum Gasteiger partial charge on any atom is 0.238 e. The third kappa shape index (κ3) is 4.01. The van der Waals surface area contributed by atoms with Crippen LogP contribution >= 0.6 is 0 Å². The number of fused-ring (bicyclic) bond motifs is 1. The van der Waals surface area contributed by atoms with Gasteiger partial charge in [-0.25, -0.2) is 4.99 Å². The molecule has 0 aliphatic heterocycles. The Balaban J connectivity index is 1.47. The van der Waals surface area contributed by atoms with E-state index in [2.05, 4.69) is 73.0 Å². The zero-order chi connectivity index (χ0) is 26.1. The van der Waals surface area contributed by atoms with Crippen LogP contribution in [-0.2, 0) is 0 Å². The zero-order valence-electron chi connectivity index (χ0n) is 21.2. The zero-order valence-corrected chi connectivity index (χ0v) is 21.2. The molecule has 4 heteroatoms. The first-order valence-corrected chi connectivity index (χ1v) is 12.5. The van der Waals surface area contributed by atoms with Crippen LogP contribution in [0.1, 0.15) is 22.5 Å². The minimum absolute atomic E-state index is 0.306. The molecule has 4 nitrogen and oxygen atoms in total. The molecule has 0 aliphatic rings. The molecule has 0 amide bonds. The van der Waals surface area contributed by atoms with Gasteiger partial charge in [0.05, 0.1) is 5.69 Å². The monoisotopic (exact) mass is 491 g/mol. The number of hydrogen-bond donors (Lipinski definition) is 0. The molecule has 0 saturated carbocycles. The Labute approximate surface area is 221 Å². The second-order valence-electron chi connectivity index (χ2n) is 9.25. The van der Waals surface area contributed by atoms with Gasteiger partial charge in [-0.3, -0.25) is 0 Å². The number of rotatable bonds is 5. The summed E-state index contributed by atoms with van der Waals surface area (Å²) in [4.78, 5) is 4.72. The first-order chi connectivity index (χ1) is 18.7. The van der Waals surface area contributed by atoms with Gasteiger partial charge in [-0.1, -0.05) is 97.1 Å². The lowest BCUT2D eigenvalue weighted by atomic mass is 9.98. The molecule has 0 radical (unpaired) electrons. The van der Waals surface area contributed by atoms with E-state index in [0.717, 1.165) is 39.3 Å². The van der Waals surface area contributed by atoms with Crippen LogP contribution in [0.3, 0.4) is 0 Å². The van der Waals surface area contributed by atoms with Crippen LogP contribution < -0.4 is 0 Å². The summed E-state index contributed by atoms with van der Waals surface area (Å²) in [6.45, 7) is 4.19. The van der Waals surface area contributed by atoms with Gasteiger partial charge in [0.2, 0.25) is 5.88 Å². The Bertz CT molecular complexity index is 1830. The standard InChI is InChI=1S/C34H25N3O/c1-23-20-28(24(2)37(23)31-19-11-17-25-12-9-10-18-29(25)31)22-36-34-30(21-35)32(26-13-5-3-6-14-26)33(38-34)27-15-7-4-8-16-27/h3-20,22H,1-2H3. The number of hydrogen-bond acceptors (Lipinski definition) is 3. The molecule has 0 unspecified atom stereocenters. The van der Waals surface area contributed by atoms with Gasteiger partial charge in [0, 0.05) is 39.7 Å². The summed E-state index contributed by atoms with van der Waals surface area (Å²) >= 11 is 0. The lowest BCUT2D eigenvalue weighted by Gasteiger charge is -2.12. The minimum Gasteiger partial charge on any atom is -0.436 e. The highest BCUT2D eigenvalue weighted by molar-refractivity contribution is 5.92. The molecule has 0 saturated heterocycles. The van der Waals surface area contributed by atoms with Crippen molar-refractivity contribution in [3.05, 3.63) is 132 Å². The summed E-state index contributed by atoms with van der Waals surface area (Å²) in [5, 5.41) is 12.6. The van der Waals surface area contributed by atoms with Gasteiger partial charge < -0.3 is 8.98 Å². The average molecular weight is 492 g/mol. The Kier molecular flexibility index (Phi) is 5.95. The average Bonchev–Trinajstić information content (AvgIpc) is 3.48. The van der Waals surface area contributed by atoms with E-state index in [1.54, 1.807) is 6.21 Å². The van der Waals surface area contributed by atoms with Gasteiger partial charge >= 0.3 is 0 Å². The van der Waals surface area contributed by atoms with E-state index in [4.69, 9.17) is 9.41 Å². The second-order valence-corrected chi connectivity index (χ2v) is 9.25. The minimum atomic E-state index is 0.306. The molecule has 6 aromatic rings. The fraction of sp³-hybridized carbons (Fsp3) is 0.0588. The van der Waals surface area contributed by atoms with Crippen molar-refractivity contribution in [2.24, 2.45) is 4.99 Å². The van der Waals surface area contributed by atoms with Crippen molar-refractivity contribution in [2.75, 3.05) is 0 Å². The van der Waals surface area contributed by atoms with Crippen molar-refractivity contribution in [1.82, 2.24) is 4.57 Å². The largest absolute Gasteiger partial charge is 0.436 e. The summed E-state index contributed by atoms with van der Waals surface area (Å²) in [6, 6.07) is 38.9. The lowest BCUT2D eigenvalue weighted by Crippen LogP contribution is -2.00. The molecule has 0 bridgehead atoms. The van der Waals surface area contributed by atoms with Crippen LogP contribution in [0.5, 0.6) is 0 Å². The molecule has 38 heavy (non-hydrogen) atoms. The highest BCUT2D eigenvalue weighted by atomic mass is 16.4. The Morgan fingerprint density at radius 2 is 1.45 bits per heavy atom. The van der Waals surface area contributed by atoms with Gasteiger partial charge in [-0.15, -0.1) is 0 Å². The van der Waals surface area contributed by atoms with Crippen LogP contribution in [0.15, 0.2) is 119 Å². The first-order valence-electron chi connectivity index (χ1n) is 12.5. The molecule has 4 aromatic carbocycles. The van der Waals surface area contributed by atoms with Crippen LogP contribution in [0.25, 0.3) is 38.9 Å². The molecule has 0 N–H and O–H groups in total. The first kappa shape index (κ1) is 23.3. The van der Waals surface area contributed by atoms with Gasteiger partial charge in [0.1, 0.15) is 17.4 Å². The van der Waals surface area contributed by atoms with Crippen molar-refractivity contribution >= 4 is 22.9 Å². The van der Waals surface area contributed by atoms with Crippen molar-refractivity contribution in [1.29, 1.82) is 5.26 Å². The number of furan rings is 1. The summed E-state index contributed by atoms with van der Waals surface area (Å²) in [7, 11) is 0. The van der Waals surface area contributed by atoms with Gasteiger partial charge in [-0.05, 0) is 36.9 Å². The van der Waals surface area contributed by atoms with Gasteiger partial charge in [0.15, 0.2) is 0 Å². The number of benzene rings is 4. The third-order valence-electron chi connectivity index (χ3n) is 6.90. The summed E-state index contributed by atoms with van der Waals surface area (Å²) < 4.78 is 8.54. The van der Waals surface area contributed by atoms with E-state index in [0.29, 0.717) is 17.2 Å². The maximum absolute atomic E-state index is 10.2. The summed E-state index contributed by atoms with van der Waals surface area (Å²) in [5.41, 5.74) is 7.28. The van der Waals surface area contributed by atoms with E-state index in [9.17, 15) is 5.26 Å². The van der Waals surface area contributed by atoms with Crippen LogP contribution in [0.4, 0.5) is 5.88 Å². The highest BCUT2D eigenvalue weighted by Gasteiger charge is 2.22. The molecule has 2 aromatic heterocycles.